The van der Waals surface area contributed by atoms with Gasteiger partial charge in [0.25, 0.3) is 5.56 Å². The summed E-state index contributed by atoms with van der Waals surface area (Å²) in [5, 5.41) is 8.43. The molecule has 2 aromatic heterocycles. The number of ether oxygens (including phenoxy) is 1. The summed E-state index contributed by atoms with van der Waals surface area (Å²) in [7, 11) is 5.69. The second-order valence-electron chi connectivity index (χ2n) is 9.12. The SMILES string of the molecule is C[C@H](CC(=N)c1ccc([C@H]2CN(c3nc(-c4ccncc4F)cc(=O)n3C)CCO2)cc1)N(C)C. The summed E-state index contributed by atoms with van der Waals surface area (Å²) in [6.45, 7) is 3.63. The van der Waals surface area contributed by atoms with Crippen molar-refractivity contribution >= 4 is 11.7 Å². The van der Waals surface area contributed by atoms with E-state index in [0.717, 1.165) is 17.3 Å². The van der Waals surface area contributed by atoms with Gasteiger partial charge >= 0.3 is 0 Å². The summed E-state index contributed by atoms with van der Waals surface area (Å²) in [6, 6.07) is 11.0. The lowest BCUT2D eigenvalue weighted by Gasteiger charge is -2.34. The number of nitrogens with one attached hydrogen (secondary N) is 1. The molecule has 3 heterocycles. The van der Waals surface area contributed by atoms with E-state index in [9.17, 15) is 9.18 Å². The van der Waals surface area contributed by atoms with Crippen LogP contribution in [0.5, 0.6) is 0 Å². The second kappa shape index (κ2) is 10.5. The van der Waals surface area contributed by atoms with Gasteiger partial charge in [0, 0.05) is 49.6 Å². The molecule has 1 fully saturated rings. The van der Waals surface area contributed by atoms with E-state index in [4.69, 9.17) is 10.1 Å². The molecular formula is C26H31FN6O2. The quantitative estimate of drug-likeness (QED) is 0.525. The highest BCUT2D eigenvalue weighted by Gasteiger charge is 2.25. The number of aromatic nitrogens is 3. The van der Waals surface area contributed by atoms with E-state index >= 15 is 0 Å². The fourth-order valence-corrected chi connectivity index (χ4v) is 4.06. The first-order valence-corrected chi connectivity index (χ1v) is 11.6. The smallest absolute Gasteiger partial charge is 0.255 e. The van der Waals surface area contributed by atoms with Crippen LogP contribution in [-0.4, -0.2) is 65.0 Å². The highest BCUT2D eigenvalue weighted by molar-refractivity contribution is 5.98. The van der Waals surface area contributed by atoms with Crippen LogP contribution >= 0.6 is 0 Å². The Bertz CT molecular complexity index is 1260. The average Bonchev–Trinajstić information content (AvgIpc) is 2.86. The van der Waals surface area contributed by atoms with Crippen molar-refractivity contribution in [1.29, 1.82) is 5.41 Å². The van der Waals surface area contributed by atoms with Crippen molar-refractivity contribution in [3.8, 4) is 11.3 Å². The molecular weight excluding hydrogens is 447 g/mol. The Kier molecular flexibility index (Phi) is 7.37. The van der Waals surface area contributed by atoms with Crippen molar-refractivity contribution in [2.45, 2.75) is 25.5 Å². The predicted octanol–water partition coefficient (Wildman–Crippen LogP) is 3.27. The predicted molar refractivity (Wildman–Crippen MR) is 135 cm³/mol. The summed E-state index contributed by atoms with van der Waals surface area (Å²) >= 11 is 0. The molecule has 9 heteroatoms. The van der Waals surface area contributed by atoms with Crippen LogP contribution in [0.3, 0.4) is 0 Å². The zero-order valence-electron chi connectivity index (χ0n) is 20.5. The minimum absolute atomic E-state index is 0.217. The van der Waals surface area contributed by atoms with E-state index in [0.29, 0.717) is 37.8 Å². The molecule has 0 aliphatic carbocycles. The maximum atomic E-state index is 14.3. The molecule has 1 saturated heterocycles. The topological polar surface area (TPSA) is 87.3 Å². The summed E-state index contributed by atoms with van der Waals surface area (Å²) in [6.07, 6.45) is 3.05. The third-order valence-electron chi connectivity index (χ3n) is 6.52. The number of benzene rings is 1. The number of hydrogen-bond acceptors (Lipinski definition) is 7. The van der Waals surface area contributed by atoms with Crippen molar-refractivity contribution < 1.29 is 9.13 Å². The van der Waals surface area contributed by atoms with Crippen molar-refractivity contribution in [3.63, 3.8) is 0 Å². The number of hydrogen-bond donors (Lipinski definition) is 1. The van der Waals surface area contributed by atoms with Crippen molar-refractivity contribution in [2.24, 2.45) is 7.05 Å². The van der Waals surface area contributed by atoms with Crippen LogP contribution in [0.15, 0.2) is 53.6 Å². The molecule has 0 amide bonds. The van der Waals surface area contributed by atoms with Gasteiger partial charge in [-0.15, -0.1) is 0 Å². The van der Waals surface area contributed by atoms with Gasteiger partial charge in [0.05, 0.1) is 25.0 Å². The Hall–Kier alpha value is -3.43. The number of morpholine rings is 1. The molecule has 1 N–H and O–H groups in total. The molecule has 8 nitrogen and oxygen atoms in total. The minimum Gasteiger partial charge on any atom is -0.370 e. The van der Waals surface area contributed by atoms with Gasteiger partial charge in [-0.2, -0.15) is 0 Å². The molecule has 1 aliphatic rings. The molecule has 0 unspecified atom stereocenters. The molecule has 1 aromatic carbocycles. The number of halogens is 1. The lowest BCUT2D eigenvalue weighted by molar-refractivity contribution is 0.0390. The lowest BCUT2D eigenvalue weighted by Crippen LogP contribution is -2.41. The molecule has 1 aliphatic heterocycles. The van der Waals surface area contributed by atoms with E-state index in [-0.39, 0.29) is 29.0 Å². The third-order valence-corrected chi connectivity index (χ3v) is 6.52. The van der Waals surface area contributed by atoms with E-state index in [2.05, 4.69) is 21.8 Å². The third kappa shape index (κ3) is 5.47. The Balaban J connectivity index is 1.54. The summed E-state index contributed by atoms with van der Waals surface area (Å²) in [5.41, 5.74) is 2.74. The van der Waals surface area contributed by atoms with Crippen LogP contribution < -0.4 is 10.5 Å². The first kappa shape index (κ1) is 24.7. The van der Waals surface area contributed by atoms with Gasteiger partial charge in [-0.25, -0.2) is 9.37 Å². The molecule has 2 atom stereocenters. The maximum Gasteiger partial charge on any atom is 0.255 e. The van der Waals surface area contributed by atoms with Gasteiger partial charge in [-0.3, -0.25) is 14.3 Å². The molecule has 184 valence electrons. The second-order valence-corrected chi connectivity index (χ2v) is 9.12. The van der Waals surface area contributed by atoms with Gasteiger partial charge in [-0.05, 0) is 38.2 Å². The average molecular weight is 479 g/mol. The monoisotopic (exact) mass is 478 g/mol. The number of anilines is 1. The summed E-state index contributed by atoms with van der Waals surface area (Å²) < 4.78 is 21.8. The Morgan fingerprint density at radius 3 is 2.71 bits per heavy atom. The fourth-order valence-electron chi connectivity index (χ4n) is 4.06. The Morgan fingerprint density at radius 2 is 2.03 bits per heavy atom. The number of pyridine rings is 1. The van der Waals surface area contributed by atoms with Crippen LogP contribution in [0.1, 0.15) is 30.6 Å². The first-order chi connectivity index (χ1) is 16.7. The summed E-state index contributed by atoms with van der Waals surface area (Å²) in [5.74, 6) is -0.0576. The van der Waals surface area contributed by atoms with Crippen LogP contribution in [-0.2, 0) is 11.8 Å². The normalized spacial score (nSPS) is 17.0. The highest BCUT2D eigenvalue weighted by Crippen LogP contribution is 2.27. The summed E-state index contributed by atoms with van der Waals surface area (Å²) in [4.78, 5) is 25.2. The standard InChI is InChI=1S/C26H31FN6O2/c1-17(31(2)3)13-22(28)18-5-7-19(8-6-18)24-16-33(11-12-35-24)26-30-23(14-25(34)32(26)4)20-9-10-29-15-21(20)27/h5-10,14-15,17,24,28H,11-13,16H2,1-4H3/t17-,24-/m1/s1. The fraction of sp³-hybridized carbons (Fsp3) is 0.385. The van der Waals surface area contributed by atoms with Gasteiger partial charge in [-0.1, -0.05) is 24.3 Å². The van der Waals surface area contributed by atoms with Crippen molar-refractivity contribution in [2.75, 3.05) is 38.7 Å². The van der Waals surface area contributed by atoms with Crippen molar-refractivity contribution in [3.05, 3.63) is 76.1 Å². The van der Waals surface area contributed by atoms with E-state index in [1.165, 1.54) is 22.9 Å². The Labute approximate surface area is 204 Å². The molecule has 35 heavy (non-hydrogen) atoms. The Morgan fingerprint density at radius 1 is 1.29 bits per heavy atom. The largest absolute Gasteiger partial charge is 0.370 e. The first-order valence-electron chi connectivity index (χ1n) is 11.6. The number of rotatable bonds is 7. The van der Waals surface area contributed by atoms with Crippen LogP contribution in [0.2, 0.25) is 0 Å². The van der Waals surface area contributed by atoms with Crippen molar-refractivity contribution in [1.82, 2.24) is 19.4 Å². The van der Waals surface area contributed by atoms with Gasteiger partial charge in [0.15, 0.2) is 5.82 Å². The molecule has 0 spiro atoms. The van der Waals surface area contributed by atoms with E-state index in [1.54, 1.807) is 7.05 Å². The molecule has 0 saturated carbocycles. The molecule has 0 radical (unpaired) electrons. The van der Waals surface area contributed by atoms with Crippen LogP contribution in [0.4, 0.5) is 10.3 Å². The highest BCUT2D eigenvalue weighted by atomic mass is 19.1. The molecule has 4 rings (SSSR count). The number of nitrogens with zero attached hydrogens (tertiary/aromatic N) is 5. The van der Waals surface area contributed by atoms with Gasteiger partial charge in [0.1, 0.15) is 6.10 Å². The zero-order chi connectivity index (χ0) is 25.1. The maximum absolute atomic E-state index is 14.3. The van der Waals surface area contributed by atoms with E-state index < -0.39 is 5.82 Å². The van der Waals surface area contributed by atoms with Gasteiger partial charge in [0.2, 0.25) is 5.95 Å². The van der Waals surface area contributed by atoms with Gasteiger partial charge < -0.3 is 19.9 Å². The van der Waals surface area contributed by atoms with Crippen LogP contribution in [0.25, 0.3) is 11.3 Å². The molecule has 3 aromatic rings. The van der Waals surface area contributed by atoms with E-state index in [1.807, 2.05) is 43.3 Å². The lowest BCUT2D eigenvalue weighted by atomic mass is 10.00. The zero-order valence-corrected chi connectivity index (χ0v) is 20.5. The minimum atomic E-state index is -0.523. The van der Waals surface area contributed by atoms with Crippen LogP contribution in [0, 0.1) is 11.2 Å². The molecule has 0 bridgehead atoms.